The molecule has 0 bridgehead atoms. The molecule has 0 aromatic heterocycles. The van der Waals surface area contributed by atoms with Crippen molar-refractivity contribution in [2.24, 2.45) is 11.7 Å². The third kappa shape index (κ3) is 14.7. The van der Waals surface area contributed by atoms with Crippen molar-refractivity contribution in [2.75, 3.05) is 30.1 Å². The smallest absolute Gasteiger partial charge is 0.416 e. The van der Waals surface area contributed by atoms with Crippen molar-refractivity contribution in [3.05, 3.63) is 134 Å². The van der Waals surface area contributed by atoms with Crippen LogP contribution in [0.5, 0.6) is 23.0 Å². The standard InChI is InChI=1S/C64H75N7O22/c1-31(2)51(65)56(76)66-35(6)46(72)23-36-11-13-37(14-12-36)29-90-63(83)69-41-25-48(34(5)21-39(41)57(77)67-27-32(3)19-44(67)59(69)79)88-17-9-8-10-18-89-50-26-42-40(24-49(50)87-7)58(78)68-28-33(4)20-45(68)60(80)70(42)64(84)91-30-38-15-16-47(43(22-38)71(85)86)92-62-54(75)52(73)53(74)55(93-62)61(81)82/h11-16,21-22,24-28,31,35,44-45,51-55,59-60,62,73-75,79-80H,8-10,17-20,23,29-30,65H2,1-7H3,(H,66,76)(H,81,82)/t35-,44-,45-,51-,52-,53-,54+,55-,59-,60-,62+/m0/s1. The molecule has 29 heteroatoms. The Balaban J connectivity index is 0.839. The molecule has 0 saturated carbocycles. The van der Waals surface area contributed by atoms with E-state index in [-0.39, 0.29) is 83.9 Å². The first-order chi connectivity index (χ1) is 44.2. The summed E-state index contributed by atoms with van der Waals surface area (Å²) in [5.41, 5.74) is 8.60. The number of ether oxygens (including phenoxy) is 7. The van der Waals surface area contributed by atoms with Gasteiger partial charge in [-0.3, -0.25) is 29.3 Å². The van der Waals surface area contributed by atoms with E-state index in [1.54, 1.807) is 63.5 Å². The summed E-state index contributed by atoms with van der Waals surface area (Å²) < 4.78 is 40.1. The summed E-state index contributed by atoms with van der Waals surface area (Å²) in [7, 11) is 1.36. The fourth-order valence-electron chi connectivity index (χ4n) is 11.4. The van der Waals surface area contributed by atoms with Crippen LogP contribution in [-0.4, -0.2) is 175 Å². The van der Waals surface area contributed by atoms with E-state index < -0.39 is 126 Å². The molecule has 4 aromatic carbocycles. The van der Waals surface area contributed by atoms with Crippen LogP contribution in [-0.2, 0) is 48.2 Å². The van der Waals surface area contributed by atoms with Crippen LogP contribution in [0.25, 0.3) is 0 Å². The number of carbonyl (C=O) groups is 7. The molecular formula is C64H75N7O22. The zero-order chi connectivity index (χ0) is 67.4. The number of nitrogens with two attached hydrogens (primary N) is 1. The van der Waals surface area contributed by atoms with Gasteiger partial charge in [0.25, 0.3) is 11.8 Å². The SMILES string of the molecule is COc1cc2c(cc1OCCCCCOc1cc3c(cc1C)C(=O)N1C=C(C)C[C@H]1[C@H](O)N3C(=O)OCc1ccc(CC(=O)[C@H](C)NC(=O)[C@@H](N)C(C)C)cc1)N(C(=O)OCc1ccc(O[C@@H]3O[C@H](C(=O)O)[C@@H](O)[C@H](O)[C@H]3O)c([N+](=O)[O-])c1)[C@@H](O)[C@@H]1CC(C)=CN1C2=O. The topological polar surface area (TPSA) is 400 Å². The Kier molecular flexibility index (Phi) is 21.1. The second-order valence-corrected chi connectivity index (χ2v) is 23.9. The van der Waals surface area contributed by atoms with Crippen LogP contribution >= 0.6 is 0 Å². The number of aliphatic carboxylic acids is 1. The number of carboxylic acid groups (broad SMARTS) is 1. The highest BCUT2D eigenvalue weighted by atomic mass is 16.7. The third-order valence-electron chi connectivity index (χ3n) is 16.7. The predicted molar refractivity (Wildman–Crippen MR) is 327 cm³/mol. The molecule has 0 unspecified atom stereocenters. The molecule has 93 heavy (non-hydrogen) atoms. The summed E-state index contributed by atoms with van der Waals surface area (Å²) in [6.45, 7) is 9.92. The van der Waals surface area contributed by atoms with Crippen LogP contribution in [0.4, 0.5) is 26.7 Å². The maximum atomic E-state index is 14.3. The number of hydrogen-bond donors (Lipinski definition) is 8. The van der Waals surface area contributed by atoms with Crippen LogP contribution < -0.4 is 39.8 Å². The molecule has 0 radical (unpaired) electrons. The van der Waals surface area contributed by atoms with Gasteiger partial charge >= 0.3 is 23.8 Å². The molecule has 9 rings (SSSR count). The summed E-state index contributed by atoms with van der Waals surface area (Å²) in [6, 6.07) is 12.6. The lowest BCUT2D eigenvalue weighted by molar-refractivity contribution is -0.387. The number of aliphatic hydroxyl groups is 5. The van der Waals surface area contributed by atoms with E-state index in [1.165, 1.54) is 41.2 Å². The summed E-state index contributed by atoms with van der Waals surface area (Å²) >= 11 is 0. The van der Waals surface area contributed by atoms with Crippen LogP contribution in [0.3, 0.4) is 0 Å². The number of nitrogens with one attached hydrogen (secondary N) is 1. The van der Waals surface area contributed by atoms with Crippen LogP contribution in [0.2, 0.25) is 0 Å². The first-order valence-electron chi connectivity index (χ1n) is 30.1. The molecule has 5 heterocycles. The summed E-state index contributed by atoms with van der Waals surface area (Å²) in [4.78, 5) is 110. The van der Waals surface area contributed by atoms with E-state index in [0.717, 1.165) is 33.1 Å². The number of carboxylic acids is 1. The number of nitro benzene ring substituents is 1. The van der Waals surface area contributed by atoms with Gasteiger partial charge in [0.15, 0.2) is 41.6 Å². The number of nitro groups is 1. The molecule has 29 nitrogen and oxygen atoms in total. The third-order valence-corrected chi connectivity index (χ3v) is 16.7. The lowest BCUT2D eigenvalue weighted by Crippen LogP contribution is -2.61. The molecule has 0 aliphatic carbocycles. The molecule has 5 aliphatic rings. The number of ketones is 1. The number of amides is 5. The molecule has 1 fully saturated rings. The lowest BCUT2D eigenvalue weighted by atomic mass is 9.99. The van der Waals surface area contributed by atoms with Gasteiger partial charge in [0.05, 0.1) is 71.9 Å². The van der Waals surface area contributed by atoms with Gasteiger partial charge in [0.2, 0.25) is 12.2 Å². The van der Waals surface area contributed by atoms with E-state index in [9.17, 15) is 74.3 Å². The van der Waals surface area contributed by atoms with Crippen molar-refractivity contribution in [1.82, 2.24) is 15.1 Å². The number of unbranched alkanes of at least 4 members (excludes halogenated alkanes) is 2. The number of hydrogen-bond acceptors (Lipinski definition) is 22. The van der Waals surface area contributed by atoms with Gasteiger partial charge in [-0.05, 0) is 106 Å². The van der Waals surface area contributed by atoms with Crippen molar-refractivity contribution >= 4 is 58.7 Å². The maximum absolute atomic E-state index is 14.3. The quantitative estimate of drug-likeness (QED) is 0.0286. The molecule has 9 N–H and O–H groups in total. The Morgan fingerprint density at radius 2 is 1.22 bits per heavy atom. The molecule has 1 saturated heterocycles. The average Bonchev–Trinajstić information content (AvgIpc) is 1.64. The summed E-state index contributed by atoms with van der Waals surface area (Å²) in [5.74, 6) is -3.48. The Morgan fingerprint density at radius 3 is 1.76 bits per heavy atom. The largest absolute Gasteiger partial charge is 0.493 e. The summed E-state index contributed by atoms with van der Waals surface area (Å²) in [5, 5.41) is 79.0. The van der Waals surface area contributed by atoms with E-state index in [4.69, 9.17) is 38.9 Å². The fraction of sp³-hybridized carbons (Fsp3) is 0.453. The lowest BCUT2D eigenvalue weighted by Gasteiger charge is -2.38. The number of aryl methyl sites for hydroxylation is 1. The van der Waals surface area contributed by atoms with Crippen molar-refractivity contribution in [1.29, 1.82) is 0 Å². The zero-order valence-corrected chi connectivity index (χ0v) is 52.0. The van der Waals surface area contributed by atoms with Crippen LogP contribution in [0, 0.1) is 23.0 Å². The van der Waals surface area contributed by atoms with Gasteiger partial charge in [-0.1, -0.05) is 55.3 Å². The number of anilines is 2. The fourth-order valence-corrected chi connectivity index (χ4v) is 11.4. The second kappa shape index (κ2) is 28.7. The van der Waals surface area contributed by atoms with E-state index in [2.05, 4.69) is 5.32 Å². The zero-order valence-electron chi connectivity index (χ0n) is 52.0. The van der Waals surface area contributed by atoms with Crippen molar-refractivity contribution in [2.45, 2.75) is 161 Å². The van der Waals surface area contributed by atoms with Gasteiger partial charge in [-0.15, -0.1) is 0 Å². The first kappa shape index (κ1) is 68.1. The minimum absolute atomic E-state index is 0.0207. The van der Waals surface area contributed by atoms with Gasteiger partial charge in [0, 0.05) is 37.0 Å². The van der Waals surface area contributed by atoms with E-state index in [0.29, 0.717) is 48.1 Å². The first-order valence-corrected chi connectivity index (χ1v) is 30.1. The molecule has 11 atom stereocenters. The number of nitrogens with zero attached hydrogens (tertiary/aromatic N) is 5. The van der Waals surface area contributed by atoms with Crippen LogP contribution in [0.1, 0.15) is 110 Å². The number of benzene rings is 4. The predicted octanol–water partition coefficient (Wildman–Crippen LogP) is 4.60. The van der Waals surface area contributed by atoms with Gasteiger partial charge in [-0.25, -0.2) is 24.2 Å². The highest BCUT2D eigenvalue weighted by Gasteiger charge is 2.50. The molecule has 498 valence electrons. The minimum Gasteiger partial charge on any atom is -0.493 e. The van der Waals surface area contributed by atoms with Gasteiger partial charge in [0.1, 0.15) is 37.3 Å². The maximum Gasteiger partial charge on any atom is 0.416 e. The van der Waals surface area contributed by atoms with Crippen molar-refractivity contribution in [3.8, 4) is 23.0 Å². The summed E-state index contributed by atoms with van der Waals surface area (Å²) in [6.07, 6.45) is -10.3. The number of rotatable bonds is 23. The van der Waals surface area contributed by atoms with E-state index >= 15 is 0 Å². The van der Waals surface area contributed by atoms with Crippen molar-refractivity contribution in [3.63, 3.8) is 0 Å². The number of fused-ring (bicyclic) bond motifs is 4. The number of methoxy groups -OCH3 is 1. The highest BCUT2D eigenvalue weighted by Crippen LogP contribution is 2.44. The Hall–Kier alpha value is -9.23. The number of carbonyl (C=O) groups excluding carboxylic acids is 6. The van der Waals surface area contributed by atoms with E-state index in [1.807, 2.05) is 20.8 Å². The average molecular weight is 1290 g/mol. The molecular weight excluding hydrogens is 1220 g/mol. The Bertz CT molecular complexity index is 3620. The molecule has 5 amide bonds. The second-order valence-electron chi connectivity index (χ2n) is 23.9. The normalized spacial score (nSPS) is 23.0. The number of Topliss-reactive ketones (excluding diaryl/α,β-unsaturated/α-hetero) is 1. The monoisotopic (exact) mass is 1290 g/mol. The minimum atomic E-state index is -2.05. The number of aliphatic hydroxyl groups excluding tert-OH is 5. The van der Waals surface area contributed by atoms with Gasteiger partial charge < -0.3 is 84.6 Å². The Labute approximate surface area is 533 Å². The molecule has 0 spiro atoms. The molecule has 4 aromatic rings. The highest BCUT2D eigenvalue weighted by molar-refractivity contribution is 6.07. The van der Waals surface area contributed by atoms with Crippen molar-refractivity contribution < 1.29 is 102 Å². The molecule has 5 aliphatic heterocycles. The van der Waals surface area contributed by atoms with Gasteiger partial charge in [-0.2, -0.15) is 0 Å². The van der Waals surface area contributed by atoms with Crippen LogP contribution in [0.15, 0.2) is 90.3 Å². The Morgan fingerprint density at radius 1 is 0.688 bits per heavy atom.